The molecule has 26 heavy (non-hydrogen) atoms. The summed E-state index contributed by atoms with van der Waals surface area (Å²) in [7, 11) is 0. The molecule has 0 aliphatic rings. The van der Waals surface area contributed by atoms with Crippen LogP contribution >= 0.6 is 11.3 Å². The zero-order valence-electron chi connectivity index (χ0n) is 13.7. The van der Waals surface area contributed by atoms with Crippen LogP contribution in [0.15, 0.2) is 47.5 Å². The quantitative estimate of drug-likeness (QED) is 0.443. The summed E-state index contributed by atoms with van der Waals surface area (Å²) in [6.45, 7) is 1.92. The number of carbonyl (C=O) groups is 1. The van der Waals surface area contributed by atoms with Crippen LogP contribution in [0.2, 0.25) is 0 Å². The Morgan fingerprint density at radius 3 is 2.92 bits per heavy atom. The molecular weight excluding hydrogens is 352 g/mol. The minimum atomic E-state index is -0.256. The van der Waals surface area contributed by atoms with E-state index in [0.29, 0.717) is 15.8 Å². The van der Waals surface area contributed by atoms with Crippen molar-refractivity contribution in [2.75, 3.05) is 10.6 Å². The summed E-state index contributed by atoms with van der Waals surface area (Å²) in [6.07, 6.45) is 3.18. The molecular formula is C17H14N6O2S. The van der Waals surface area contributed by atoms with Crippen molar-refractivity contribution in [3.05, 3.63) is 63.5 Å². The number of nitrogens with one attached hydrogen (secondary N) is 4. The monoisotopic (exact) mass is 366 g/mol. The van der Waals surface area contributed by atoms with E-state index >= 15 is 0 Å². The Bertz CT molecular complexity index is 1160. The third-order valence-corrected chi connectivity index (χ3v) is 4.72. The number of hydrogen-bond acceptors (Lipinski definition) is 6. The van der Waals surface area contributed by atoms with Gasteiger partial charge in [-0.3, -0.25) is 14.7 Å². The van der Waals surface area contributed by atoms with E-state index in [-0.39, 0.29) is 11.5 Å². The van der Waals surface area contributed by atoms with Gasteiger partial charge in [0.05, 0.1) is 23.6 Å². The molecule has 0 bridgehead atoms. The summed E-state index contributed by atoms with van der Waals surface area (Å²) < 4.78 is 0. The molecule has 0 radical (unpaired) electrons. The molecule has 3 heterocycles. The average molecular weight is 366 g/mol. The van der Waals surface area contributed by atoms with E-state index in [2.05, 4.69) is 30.8 Å². The number of hydrogen-bond donors (Lipinski definition) is 4. The SMILES string of the molecule is Cc1ccc2[nH]ncc2c1NC(=O)c1cnc(Nc2cccc(=O)[nH]2)s1. The van der Waals surface area contributed by atoms with Gasteiger partial charge in [-0.1, -0.05) is 23.5 Å². The Kier molecular flexibility index (Phi) is 3.98. The molecule has 0 unspecified atom stereocenters. The standard InChI is InChI=1S/C17H14N6O2S/c1-9-5-6-11-10(7-19-23-11)15(9)22-16(25)12-8-18-17(26-12)21-13-3-2-4-14(24)20-13/h2-8H,1H3,(H,19,23)(H,22,25)(H2,18,20,21,24). The number of aromatic amines is 2. The molecule has 0 fully saturated rings. The number of pyridine rings is 1. The Balaban J connectivity index is 1.55. The molecule has 130 valence electrons. The molecule has 0 aliphatic carbocycles. The number of benzene rings is 1. The van der Waals surface area contributed by atoms with Crippen LogP contribution < -0.4 is 16.2 Å². The van der Waals surface area contributed by atoms with Gasteiger partial charge in [0.2, 0.25) is 5.56 Å². The number of amides is 1. The van der Waals surface area contributed by atoms with Crippen LogP contribution in [0.25, 0.3) is 10.9 Å². The third-order valence-electron chi connectivity index (χ3n) is 3.81. The van der Waals surface area contributed by atoms with E-state index < -0.39 is 0 Å². The molecule has 3 aromatic heterocycles. The second kappa shape index (κ2) is 6.45. The predicted molar refractivity (Wildman–Crippen MR) is 101 cm³/mol. The zero-order chi connectivity index (χ0) is 18.1. The molecule has 0 saturated heterocycles. The Hall–Kier alpha value is -3.46. The first-order valence-electron chi connectivity index (χ1n) is 7.76. The van der Waals surface area contributed by atoms with Crippen molar-refractivity contribution in [3.63, 3.8) is 0 Å². The molecule has 4 aromatic rings. The molecule has 9 heteroatoms. The lowest BCUT2D eigenvalue weighted by Crippen LogP contribution is -2.11. The summed E-state index contributed by atoms with van der Waals surface area (Å²) >= 11 is 1.19. The van der Waals surface area contributed by atoms with E-state index in [1.807, 2.05) is 19.1 Å². The lowest BCUT2D eigenvalue weighted by molar-refractivity contribution is 0.103. The van der Waals surface area contributed by atoms with Gasteiger partial charge in [-0.25, -0.2) is 4.98 Å². The number of fused-ring (bicyclic) bond motifs is 1. The van der Waals surface area contributed by atoms with Crippen molar-refractivity contribution in [1.82, 2.24) is 20.2 Å². The summed E-state index contributed by atoms with van der Waals surface area (Å²) in [5.74, 6) is 0.256. The van der Waals surface area contributed by atoms with Crippen LogP contribution in [0.1, 0.15) is 15.2 Å². The maximum absolute atomic E-state index is 12.6. The highest BCUT2D eigenvalue weighted by Gasteiger charge is 2.14. The summed E-state index contributed by atoms with van der Waals surface area (Å²) in [5.41, 5.74) is 2.30. The van der Waals surface area contributed by atoms with Gasteiger partial charge in [0.1, 0.15) is 10.7 Å². The molecule has 1 amide bonds. The van der Waals surface area contributed by atoms with E-state index in [1.165, 1.54) is 23.6 Å². The minimum absolute atomic E-state index is 0.215. The number of H-pyrrole nitrogens is 2. The number of nitrogens with zero attached hydrogens (tertiary/aromatic N) is 2. The number of aromatic nitrogens is 4. The fourth-order valence-electron chi connectivity index (χ4n) is 2.54. The lowest BCUT2D eigenvalue weighted by Gasteiger charge is -2.08. The van der Waals surface area contributed by atoms with Gasteiger partial charge < -0.3 is 15.6 Å². The van der Waals surface area contributed by atoms with Gasteiger partial charge >= 0.3 is 0 Å². The second-order valence-electron chi connectivity index (χ2n) is 5.63. The number of carbonyl (C=O) groups excluding carboxylic acids is 1. The normalized spacial score (nSPS) is 10.8. The second-order valence-corrected chi connectivity index (χ2v) is 6.66. The fraction of sp³-hybridized carbons (Fsp3) is 0.0588. The number of thiazole rings is 1. The molecule has 0 saturated carbocycles. The third kappa shape index (κ3) is 3.07. The van der Waals surface area contributed by atoms with E-state index in [0.717, 1.165) is 22.2 Å². The molecule has 8 nitrogen and oxygen atoms in total. The Morgan fingerprint density at radius 2 is 2.08 bits per heavy atom. The van der Waals surface area contributed by atoms with Crippen molar-refractivity contribution >= 4 is 44.8 Å². The van der Waals surface area contributed by atoms with Gasteiger partial charge in [0.25, 0.3) is 5.91 Å². The molecule has 4 N–H and O–H groups in total. The van der Waals surface area contributed by atoms with Crippen LogP contribution in [0.4, 0.5) is 16.6 Å². The number of anilines is 3. The van der Waals surface area contributed by atoms with Crippen LogP contribution in [0.3, 0.4) is 0 Å². The molecule has 1 aromatic carbocycles. The lowest BCUT2D eigenvalue weighted by atomic mass is 10.1. The van der Waals surface area contributed by atoms with Crippen molar-refractivity contribution in [1.29, 1.82) is 0 Å². The molecule has 0 atom stereocenters. The smallest absolute Gasteiger partial charge is 0.267 e. The summed E-state index contributed by atoms with van der Waals surface area (Å²) in [5, 5.41) is 14.2. The maximum atomic E-state index is 12.6. The van der Waals surface area contributed by atoms with Gasteiger partial charge in [-0.2, -0.15) is 5.10 Å². The first kappa shape index (κ1) is 16.0. The summed E-state index contributed by atoms with van der Waals surface area (Å²) in [4.78, 5) is 31.2. The minimum Gasteiger partial charge on any atom is -0.320 e. The zero-order valence-corrected chi connectivity index (χ0v) is 14.5. The first-order chi connectivity index (χ1) is 12.6. The van der Waals surface area contributed by atoms with Crippen molar-refractivity contribution in [2.45, 2.75) is 6.92 Å². The van der Waals surface area contributed by atoms with Crippen LogP contribution in [-0.2, 0) is 0 Å². The van der Waals surface area contributed by atoms with Gasteiger partial charge in [-0.15, -0.1) is 0 Å². The highest BCUT2D eigenvalue weighted by Crippen LogP contribution is 2.27. The van der Waals surface area contributed by atoms with Gasteiger partial charge in [0.15, 0.2) is 5.13 Å². The molecule has 0 spiro atoms. The first-order valence-corrected chi connectivity index (χ1v) is 8.58. The highest BCUT2D eigenvalue weighted by molar-refractivity contribution is 7.17. The van der Waals surface area contributed by atoms with Crippen molar-refractivity contribution < 1.29 is 4.79 Å². The summed E-state index contributed by atoms with van der Waals surface area (Å²) in [6, 6.07) is 8.61. The van der Waals surface area contributed by atoms with E-state index in [1.54, 1.807) is 18.3 Å². The van der Waals surface area contributed by atoms with Gasteiger partial charge in [-0.05, 0) is 24.6 Å². The Morgan fingerprint density at radius 1 is 1.19 bits per heavy atom. The van der Waals surface area contributed by atoms with Crippen LogP contribution in [0, 0.1) is 6.92 Å². The predicted octanol–water partition coefficient (Wildman–Crippen LogP) is 3.01. The maximum Gasteiger partial charge on any atom is 0.267 e. The van der Waals surface area contributed by atoms with Crippen LogP contribution in [-0.4, -0.2) is 26.1 Å². The number of rotatable bonds is 4. The number of aryl methyl sites for hydroxylation is 1. The van der Waals surface area contributed by atoms with Gasteiger partial charge in [0, 0.05) is 11.5 Å². The van der Waals surface area contributed by atoms with Crippen LogP contribution in [0.5, 0.6) is 0 Å². The molecule has 4 rings (SSSR count). The van der Waals surface area contributed by atoms with Crippen molar-refractivity contribution in [3.8, 4) is 0 Å². The largest absolute Gasteiger partial charge is 0.320 e. The highest BCUT2D eigenvalue weighted by atomic mass is 32.1. The van der Waals surface area contributed by atoms with Crippen molar-refractivity contribution in [2.24, 2.45) is 0 Å². The average Bonchev–Trinajstić information content (AvgIpc) is 3.27. The topological polar surface area (TPSA) is 116 Å². The Labute approximate surface area is 151 Å². The van der Waals surface area contributed by atoms with E-state index in [4.69, 9.17) is 0 Å². The van der Waals surface area contributed by atoms with E-state index in [9.17, 15) is 9.59 Å². The fourth-order valence-corrected chi connectivity index (χ4v) is 3.26. The molecule has 0 aliphatic heterocycles.